The fraction of sp³-hybridized carbons (Fsp3) is 0.529. The Bertz CT molecular complexity index is 349. The highest BCUT2D eigenvalue weighted by atomic mass is 32.2. The van der Waals surface area contributed by atoms with Crippen molar-refractivity contribution in [3.63, 3.8) is 0 Å². The Balaban J connectivity index is 2.53. The molecule has 0 aromatic heterocycles. The van der Waals surface area contributed by atoms with Crippen molar-refractivity contribution in [3.8, 4) is 0 Å². The van der Waals surface area contributed by atoms with Gasteiger partial charge in [-0.1, -0.05) is 64.1 Å². The van der Waals surface area contributed by atoms with Crippen LogP contribution in [0.25, 0.3) is 0 Å². The van der Waals surface area contributed by atoms with Crippen molar-refractivity contribution in [2.24, 2.45) is 5.92 Å². The van der Waals surface area contributed by atoms with Crippen molar-refractivity contribution in [2.45, 2.75) is 52.2 Å². The zero-order valence-corrected chi connectivity index (χ0v) is 13.0. The number of thioether (sulfide) groups is 1. The topological polar surface area (TPSA) is 0 Å². The predicted molar refractivity (Wildman–Crippen MR) is 85.0 cm³/mol. The molecule has 1 aromatic carbocycles. The average molecular weight is 262 g/mol. The van der Waals surface area contributed by atoms with E-state index < -0.39 is 0 Å². The molecule has 0 saturated heterocycles. The van der Waals surface area contributed by atoms with Crippen LogP contribution in [0.2, 0.25) is 0 Å². The first-order valence-electron chi connectivity index (χ1n) is 6.97. The van der Waals surface area contributed by atoms with Crippen LogP contribution in [-0.2, 0) is 6.42 Å². The van der Waals surface area contributed by atoms with E-state index in [2.05, 4.69) is 64.1 Å². The van der Waals surface area contributed by atoms with Gasteiger partial charge in [0.15, 0.2) is 0 Å². The van der Waals surface area contributed by atoms with Gasteiger partial charge in [-0.05, 0) is 35.6 Å². The van der Waals surface area contributed by atoms with Crippen molar-refractivity contribution in [2.75, 3.05) is 0 Å². The fourth-order valence-corrected chi connectivity index (χ4v) is 2.81. The smallest absolute Gasteiger partial charge is 0.00344 e. The first-order chi connectivity index (χ1) is 8.58. The van der Waals surface area contributed by atoms with Gasteiger partial charge in [-0.25, -0.2) is 0 Å². The second kappa shape index (κ2) is 8.42. The number of aryl methyl sites for hydroxylation is 1. The maximum Gasteiger partial charge on any atom is 0.00344 e. The first-order valence-corrected chi connectivity index (χ1v) is 7.85. The highest BCUT2D eigenvalue weighted by Gasteiger charge is 2.03. The van der Waals surface area contributed by atoms with Crippen LogP contribution in [0.5, 0.6) is 0 Å². The molecule has 0 atom stereocenters. The standard InChI is InChI=1S/C17H26S/c1-14(2)10-12-17(18-15(3)4)13-11-16-8-6-5-7-9-16/h5-9,12,14-15H,10-11,13H2,1-4H3/b17-12+. The van der Waals surface area contributed by atoms with E-state index in [0.717, 1.165) is 12.3 Å². The number of hydrogen-bond donors (Lipinski definition) is 0. The Kier molecular flexibility index (Phi) is 7.19. The molecule has 0 nitrogen and oxygen atoms in total. The Labute approximate surface area is 117 Å². The summed E-state index contributed by atoms with van der Waals surface area (Å²) in [5.74, 6) is 0.754. The van der Waals surface area contributed by atoms with Crippen molar-refractivity contribution in [1.29, 1.82) is 0 Å². The molecule has 0 N–H and O–H groups in total. The van der Waals surface area contributed by atoms with Crippen LogP contribution in [-0.4, -0.2) is 5.25 Å². The van der Waals surface area contributed by atoms with Crippen LogP contribution in [0.1, 0.15) is 46.1 Å². The van der Waals surface area contributed by atoms with Crippen LogP contribution in [0.4, 0.5) is 0 Å². The number of allylic oxidation sites excluding steroid dienone is 2. The van der Waals surface area contributed by atoms with Crippen LogP contribution >= 0.6 is 11.8 Å². The Morgan fingerprint density at radius 3 is 2.33 bits per heavy atom. The first kappa shape index (κ1) is 15.4. The molecule has 1 rings (SSSR count). The summed E-state index contributed by atoms with van der Waals surface area (Å²) in [4.78, 5) is 1.56. The van der Waals surface area contributed by atoms with Crippen LogP contribution in [0, 0.1) is 5.92 Å². The Morgan fingerprint density at radius 1 is 1.11 bits per heavy atom. The summed E-state index contributed by atoms with van der Waals surface area (Å²) in [5, 5.41) is 0.680. The molecule has 0 heterocycles. The lowest BCUT2D eigenvalue weighted by atomic mass is 10.1. The summed E-state index contributed by atoms with van der Waals surface area (Å²) in [6.45, 7) is 9.11. The summed E-state index contributed by atoms with van der Waals surface area (Å²) < 4.78 is 0. The quantitative estimate of drug-likeness (QED) is 0.608. The van der Waals surface area contributed by atoms with E-state index in [-0.39, 0.29) is 0 Å². The lowest BCUT2D eigenvalue weighted by Gasteiger charge is -2.11. The van der Waals surface area contributed by atoms with Gasteiger partial charge in [-0.3, -0.25) is 0 Å². The molecule has 0 unspecified atom stereocenters. The van der Waals surface area contributed by atoms with E-state index in [0.29, 0.717) is 5.25 Å². The van der Waals surface area contributed by atoms with E-state index in [1.54, 1.807) is 4.91 Å². The zero-order valence-electron chi connectivity index (χ0n) is 12.1. The van der Waals surface area contributed by atoms with Gasteiger partial charge >= 0.3 is 0 Å². The van der Waals surface area contributed by atoms with Gasteiger partial charge in [-0.15, -0.1) is 11.8 Å². The highest BCUT2D eigenvalue weighted by molar-refractivity contribution is 8.03. The summed E-state index contributed by atoms with van der Waals surface area (Å²) >= 11 is 2.02. The molecule has 0 fully saturated rings. The lowest BCUT2D eigenvalue weighted by Crippen LogP contribution is -1.93. The summed E-state index contributed by atoms with van der Waals surface area (Å²) in [6.07, 6.45) is 5.98. The highest BCUT2D eigenvalue weighted by Crippen LogP contribution is 2.27. The molecule has 0 aliphatic rings. The second-order valence-corrected chi connectivity index (χ2v) is 7.16. The van der Waals surface area contributed by atoms with Crippen molar-refractivity contribution >= 4 is 11.8 Å². The summed E-state index contributed by atoms with van der Waals surface area (Å²) in [6, 6.07) is 10.8. The van der Waals surface area contributed by atoms with Crippen molar-refractivity contribution in [1.82, 2.24) is 0 Å². The maximum absolute atomic E-state index is 2.44. The maximum atomic E-state index is 2.44. The van der Waals surface area contributed by atoms with Gasteiger partial charge in [0, 0.05) is 5.25 Å². The Hall–Kier alpha value is -0.690. The van der Waals surface area contributed by atoms with E-state index in [1.165, 1.54) is 18.4 Å². The molecule has 0 spiro atoms. The largest absolute Gasteiger partial charge is 0.128 e. The minimum atomic E-state index is 0.680. The summed E-state index contributed by atoms with van der Waals surface area (Å²) in [7, 11) is 0. The normalized spacial score (nSPS) is 12.4. The summed E-state index contributed by atoms with van der Waals surface area (Å²) in [5.41, 5.74) is 1.44. The number of rotatable bonds is 7. The van der Waals surface area contributed by atoms with E-state index >= 15 is 0 Å². The SMILES string of the molecule is CC(C)C/C=C(\CCc1ccccc1)SC(C)C. The van der Waals surface area contributed by atoms with E-state index in [4.69, 9.17) is 0 Å². The third-order valence-electron chi connectivity index (χ3n) is 2.71. The van der Waals surface area contributed by atoms with Gasteiger partial charge in [-0.2, -0.15) is 0 Å². The van der Waals surface area contributed by atoms with Gasteiger partial charge in [0.2, 0.25) is 0 Å². The third-order valence-corrected chi connectivity index (χ3v) is 3.85. The van der Waals surface area contributed by atoms with Crippen molar-refractivity contribution < 1.29 is 0 Å². The van der Waals surface area contributed by atoms with Gasteiger partial charge in [0.25, 0.3) is 0 Å². The molecule has 100 valence electrons. The zero-order chi connectivity index (χ0) is 13.4. The monoisotopic (exact) mass is 262 g/mol. The lowest BCUT2D eigenvalue weighted by molar-refractivity contribution is 0.661. The van der Waals surface area contributed by atoms with Crippen molar-refractivity contribution in [3.05, 3.63) is 46.9 Å². The van der Waals surface area contributed by atoms with Gasteiger partial charge in [0.1, 0.15) is 0 Å². The molecule has 0 bridgehead atoms. The molecule has 0 saturated carbocycles. The van der Waals surface area contributed by atoms with Crippen LogP contribution < -0.4 is 0 Å². The molecular weight excluding hydrogens is 236 g/mol. The number of benzene rings is 1. The molecule has 0 amide bonds. The van der Waals surface area contributed by atoms with E-state index in [9.17, 15) is 0 Å². The molecule has 0 radical (unpaired) electrons. The minimum Gasteiger partial charge on any atom is -0.128 e. The minimum absolute atomic E-state index is 0.680. The molecular formula is C17H26S. The molecule has 1 heteroatoms. The molecule has 0 aliphatic heterocycles. The molecule has 18 heavy (non-hydrogen) atoms. The average Bonchev–Trinajstić information content (AvgIpc) is 2.33. The number of hydrogen-bond acceptors (Lipinski definition) is 1. The third kappa shape index (κ3) is 6.90. The van der Waals surface area contributed by atoms with Gasteiger partial charge < -0.3 is 0 Å². The van der Waals surface area contributed by atoms with E-state index in [1.807, 2.05) is 11.8 Å². The molecule has 1 aromatic rings. The molecule has 0 aliphatic carbocycles. The van der Waals surface area contributed by atoms with Crippen LogP contribution in [0.3, 0.4) is 0 Å². The van der Waals surface area contributed by atoms with Crippen LogP contribution in [0.15, 0.2) is 41.3 Å². The second-order valence-electron chi connectivity index (χ2n) is 5.45. The predicted octanol–water partition coefficient (Wildman–Crippen LogP) is 5.69. The Morgan fingerprint density at radius 2 is 1.78 bits per heavy atom. The fourth-order valence-electron chi connectivity index (χ4n) is 1.79. The van der Waals surface area contributed by atoms with Gasteiger partial charge in [0.05, 0.1) is 0 Å².